The van der Waals surface area contributed by atoms with Gasteiger partial charge in [0.2, 0.25) is 0 Å². The molecule has 0 fully saturated rings. The van der Waals surface area contributed by atoms with Crippen molar-refractivity contribution in [2.45, 2.75) is 13.2 Å². The summed E-state index contributed by atoms with van der Waals surface area (Å²) < 4.78 is 48.5. The molecule has 0 heterocycles. The molecule has 11 heteroatoms. The molecule has 4 aromatic carbocycles. The van der Waals surface area contributed by atoms with Gasteiger partial charge in [0.1, 0.15) is 24.8 Å². The van der Waals surface area contributed by atoms with Gasteiger partial charge in [-0.2, -0.15) is 10.2 Å². The highest BCUT2D eigenvalue weighted by molar-refractivity contribution is 5.84. The third-order valence-corrected chi connectivity index (χ3v) is 5.75. The summed E-state index contributed by atoms with van der Waals surface area (Å²) in [6.45, 7) is 0.489. The van der Waals surface area contributed by atoms with Crippen LogP contribution in [0.3, 0.4) is 0 Å². The van der Waals surface area contributed by atoms with E-state index in [1.165, 1.54) is 50.9 Å². The number of hydrogen-bond donors (Lipinski definition) is 2. The number of rotatable bonds is 12. The molecular weight excluding hydrogens is 546 g/mol. The number of amides is 2. The molecule has 0 spiro atoms. The number of ether oxygens (including phenoxy) is 4. The quantitative estimate of drug-likeness (QED) is 0.164. The Morgan fingerprint density at radius 3 is 1.43 bits per heavy atom. The maximum absolute atomic E-state index is 13.1. The van der Waals surface area contributed by atoms with E-state index in [2.05, 4.69) is 21.1 Å². The first-order valence-corrected chi connectivity index (χ1v) is 12.7. The molecule has 0 bridgehead atoms. The highest BCUT2D eigenvalue weighted by atomic mass is 19.1. The first-order valence-electron chi connectivity index (χ1n) is 12.7. The number of hydrogen-bond acceptors (Lipinski definition) is 7. The van der Waals surface area contributed by atoms with E-state index in [1.54, 1.807) is 60.7 Å². The summed E-state index contributed by atoms with van der Waals surface area (Å²) in [6.07, 6.45) is 2.87. The summed E-state index contributed by atoms with van der Waals surface area (Å²) in [5, 5.41) is 7.83. The molecule has 216 valence electrons. The fraction of sp³-hybridized carbons (Fsp3) is 0.129. The Morgan fingerprint density at radius 2 is 1.05 bits per heavy atom. The van der Waals surface area contributed by atoms with E-state index in [9.17, 15) is 13.6 Å². The maximum Gasteiger partial charge on any atom is 0.355 e. The van der Waals surface area contributed by atoms with E-state index < -0.39 is 6.03 Å². The number of nitrogens with one attached hydrogen (secondary N) is 2. The monoisotopic (exact) mass is 574 g/mol. The lowest BCUT2D eigenvalue weighted by Gasteiger charge is -2.11. The number of urea groups is 1. The van der Waals surface area contributed by atoms with Crippen LogP contribution in [0.5, 0.6) is 23.0 Å². The fourth-order valence-corrected chi connectivity index (χ4v) is 3.61. The second kappa shape index (κ2) is 14.8. The Morgan fingerprint density at radius 1 is 0.643 bits per heavy atom. The van der Waals surface area contributed by atoms with Crippen molar-refractivity contribution in [3.05, 3.63) is 119 Å². The van der Waals surface area contributed by atoms with Gasteiger partial charge in [0.15, 0.2) is 23.0 Å². The molecule has 9 nitrogen and oxygen atoms in total. The predicted molar refractivity (Wildman–Crippen MR) is 154 cm³/mol. The highest BCUT2D eigenvalue weighted by Crippen LogP contribution is 2.29. The largest absolute Gasteiger partial charge is 0.493 e. The highest BCUT2D eigenvalue weighted by Gasteiger charge is 2.08. The fourth-order valence-electron chi connectivity index (χ4n) is 3.61. The van der Waals surface area contributed by atoms with Gasteiger partial charge in [0, 0.05) is 0 Å². The summed E-state index contributed by atoms with van der Waals surface area (Å²) in [5.41, 5.74) is 7.57. The van der Waals surface area contributed by atoms with E-state index in [1.807, 2.05) is 0 Å². The first-order chi connectivity index (χ1) is 20.4. The van der Waals surface area contributed by atoms with Crippen LogP contribution < -0.4 is 29.8 Å². The van der Waals surface area contributed by atoms with Crippen LogP contribution in [0.2, 0.25) is 0 Å². The Bertz CT molecular complexity index is 1430. The molecule has 0 aliphatic heterocycles. The van der Waals surface area contributed by atoms with Gasteiger partial charge < -0.3 is 18.9 Å². The molecule has 0 unspecified atom stereocenters. The summed E-state index contributed by atoms with van der Waals surface area (Å²) >= 11 is 0. The topological polar surface area (TPSA) is 103 Å². The van der Waals surface area contributed by atoms with Crippen molar-refractivity contribution in [2.75, 3.05) is 14.2 Å². The third-order valence-electron chi connectivity index (χ3n) is 5.75. The molecule has 0 saturated carbocycles. The lowest BCUT2D eigenvalue weighted by Crippen LogP contribution is -2.28. The van der Waals surface area contributed by atoms with Crippen LogP contribution in [-0.2, 0) is 13.2 Å². The smallest absolute Gasteiger partial charge is 0.355 e. The maximum atomic E-state index is 13.1. The van der Waals surface area contributed by atoms with E-state index in [0.29, 0.717) is 34.1 Å². The number of methoxy groups -OCH3 is 2. The molecule has 0 saturated heterocycles. The van der Waals surface area contributed by atoms with Gasteiger partial charge >= 0.3 is 6.03 Å². The van der Waals surface area contributed by atoms with Gasteiger partial charge in [-0.25, -0.2) is 24.4 Å². The van der Waals surface area contributed by atoms with Crippen molar-refractivity contribution in [3.8, 4) is 23.0 Å². The standard InChI is InChI=1S/C31H28F2N4O5/c1-39-29-15-23(7-13-27(29)41-19-21-3-9-25(32)10-4-21)17-34-36-31(38)37-35-18-24-8-14-28(30(16-24)40-2)42-20-22-5-11-26(33)12-6-22/h3-18H,19-20H2,1-2H3,(H2,36,37,38)/b34-17-,35-18?. The molecular formula is C31H28F2N4O5. The summed E-state index contributed by atoms with van der Waals surface area (Å²) in [5.74, 6) is 1.32. The molecule has 42 heavy (non-hydrogen) atoms. The molecule has 2 amide bonds. The number of nitrogens with zero attached hydrogens (tertiary/aromatic N) is 2. The minimum absolute atomic E-state index is 0.245. The average molecular weight is 575 g/mol. The molecule has 2 N–H and O–H groups in total. The molecule has 0 aliphatic rings. The van der Waals surface area contributed by atoms with Crippen molar-refractivity contribution in [2.24, 2.45) is 10.2 Å². The molecule has 4 aromatic rings. The molecule has 4 rings (SSSR count). The van der Waals surface area contributed by atoms with Gasteiger partial charge in [-0.05, 0) is 82.9 Å². The number of halogens is 2. The zero-order chi connectivity index (χ0) is 29.7. The van der Waals surface area contributed by atoms with Gasteiger partial charge in [0.05, 0.1) is 26.6 Å². The van der Waals surface area contributed by atoms with Crippen LogP contribution >= 0.6 is 0 Å². The van der Waals surface area contributed by atoms with Crippen molar-refractivity contribution in [1.82, 2.24) is 10.9 Å². The van der Waals surface area contributed by atoms with E-state index >= 15 is 0 Å². The van der Waals surface area contributed by atoms with E-state index in [-0.39, 0.29) is 24.8 Å². The van der Waals surface area contributed by atoms with E-state index in [4.69, 9.17) is 18.9 Å². The van der Waals surface area contributed by atoms with Gasteiger partial charge in [0.25, 0.3) is 0 Å². The summed E-state index contributed by atoms with van der Waals surface area (Å²) in [7, 11) is 3.02. The second-order valence-electron chi connectivity index (χ2n) is 8.72. The molecule has 0 radical (unpaired) electrons. The zero-order valence-corrected chi connectivity index (χ0v) is 22.8. The summed E-state index contributed by atoms with van der Waals surface area (Å²) in [4.78, 5) is 12.1. The first kappa shape index (κ1) is 29.5. The van der Waals surface area contributed by atoms with Crippen molar-refractivity contribution < 1.29 is 32.5 Å². The van der Waals surface area contributed by atoms with Crippen LogP contribution in [-0.4, -0.2) is 32.7 Å². The second-order valence-corrected chi connectivity index (χ2v) is 8.72. The number of carbonyl (C=O) groups is 1. The Balaban J connectivity index is 1.25. The third kappa shape index (κ3) is 8.78. The predicted octanol–water partition coefficient (Wildman–Crippen LogP) is 5.81. The van der Waals surface area contributed by atoms with Crippen molar-refractivity contribution in [1.29, 1.82) is 0 Å². The molecule has 0 atom stereocenters. The molecule has 0 aliphatic carbocycles. The Hall–Kier alpha value is -5.45. The van der Waals surface area contributed by atoms with Crippen molar-refractivity contribution in [3.63, 3.8) is 0 Å². The van der Waals surface area contributed by atoms with Crippen LogP contribution in [0.4, 0.5) is 13.6 Å². The normalized spacial score (nSPS) is 11.0. The molecule has 0 aromatic heterocycles. The number of carbonyl (C=O) groups excluding carboxylic acids is 1. The van der Waals surface area contributed by atoms with E-state index in [0.717, 1.165) is 11.1 Å². The van der Waals surface area contributed by atoms with Crippen LogP contribution in [0.1, 0.15) is 22.3 Å². The number of hydrazone groups is 2. The SMILES string of the molecule is COc1cc(C=NNC(=O)N/N=C\c2ccc(OCc3ccc(F)cc3)c(OC)c2)ccc1OCc1ccc(F)cc1. The van der Waals surface area contributed by atoms with Gasteiger partial charge in [-0.3, -0.25) is 0 Å². The lowest BCUT2D eigenvalue weighted by molar-refractivity contribution is 0.242. The van der Waals surface area contributed by atoms with Crippen LogP contribution in [0.25, 0.3) is 0 Å². The van der Waals surface area contributed by atoms with Crippen LogP contribution in [0.15, 0.2) is 95.1 Å². The Kier molecular flexibility index (Phi) is 10.4. The minimum atomic E-state index is -0.653. The number of benzene rings is 4. The minimum Gasteiger partial charge on any atom is -0.493 e. The average Bonchev–Trinajstić information content (AvgIpc) is 3.01. The van der Waals surface area contributed by atoms with Crippen LogP contribution in [0, 0.1) is 11.6 Å². The summed E-state index contributed by atoms with van der Waals surface area (Å²) in [6, 6.07) is 21.7. The van der Waals surface area contributed by atoms with Gasteiger partial charge in [-0.1, -0.05) is 24.3 Å². The lowest BCUT2D eigenvalue weighted by atomic mass is 10.2. The van der Waals surface area contributed by atoms with Gasteiger partial charge in [-0.15, -0.1) is 0 Å². The zero-order valence-electron chi connectivity index (χ0n) is 22.8. The van der Waals surface area contributed by atoms with Crippen molar-refractivity contribution >= 4 is 18.5 Å². The Labute approximate surface area is 241 Å².